The van der Waals surface area contributed by atoms with Crippen LogP contribution in [0.2, 0.25) is 5.02 Å². The fourth-order valence-corrected chi connectivity index (χ4v) is 3.46. The van der Waals surface area contributed by atoms with Crippen LogP contribution < -0.4 is 25.1 Å². The maximum absolute atomic E-state index is 12.5. The van der Waals surface area contributed by atoms with Crippen LogP contribution in [0.15, 0.2) is 51.5 Å². The van der Waals surface area contributed by atoms with E-state index in [1.165, 1.54) is 25.3 Å². The molecule has 2 aromatic carbocycles. The van der Waals surface area contributed by atoms with Gasteiger partial charge in [0.15, 0.2) is 0 Å². The van der Waals surface area contributed by atoms with E-state index in [4.69, 9.17) is 36.7 Å². The molecule has 0 atom stereocenters. The molecule has 29 heavy (non-hydrogen) atoms. The van der Waals surface area contributed by atoms with E-state index in [1.54, 1.807) is 18.2 Å². The summed E-state index contributed by atoms with van der Waals surface area (Å²) < 4.78 is 40.7. The first-order valence-electron chi connectivity index (χ1n) is 8.20. The Morgan fingerprint density at radius 2 is 1.83 bits per heavy atom. The van der Waals surface area contributed by atoms with E-state index in [9.17, 15) is 8.42 Å². The molecule has 0 aliphatic rings. The summed E-state index contributed by atoms with van der Waals surface area (Å²) in [5.74, 6) is 0.795. The minimum Gasteiger partial charge on any atom is -0.495 e. The molecular weight excluding hydrogens is 420 g/mol. The molecule has 11 heteroatoms. The highest BCUT2D eigenvalue weighted by Crippen LogP contribution is 2.31. The van der Waals surface area contributed by atoms with Gasteiger partial charge in [-0.2, -0.15) is 13.5 Å². The molecule has 0 heterocycles. The van der Waals surface area contributed by atoms with Gasteiger partial charge in [0.05, 0.1) is 13.7 Å². The van der Waals surface area contributed by atoms with Gasteiger partial charge in [-0.1, -0.05) is 11.6 Å². The van der Waals surface area contributed by atoms with Crippen LogP contribution in [-0.2, 0) is 10.1 Å². The zero-order valence-electron chi connectivity index (χ0n) is 16.3. The highest BCUT2D eigenvalue weighted by molar-refractivity contribution is 7.87. The summed E-state index contributed by atoms with van der Waals surface area (Å²) in [5, 5.41) is 6.40. The molecule has 0 bridgehead atoms. The van der Waals surface area contributed by atoms with Gasteiger partial charge in [-0.25, -0.2) is 0 Å². The summed E-state index contributed by atoms with van der Waals surface area (Å²) >= 11 is 5.88. The van der Waals surface area contributed by atoms with Crippen LogP contribution in [0.1, 0.15) is 12.5 Å². The predicted octanol–water partition coefficient (Wildman–Crippen LogP) is 2.70. The van der Waals surface area contributed by atoms with E-state index in [2.05, 4.69) is 16.9 Å². The zero-order valence-corrected chi connectivity index (χ0v) is 17.8. The fourth-order valence-electron chi connectivity index (χ4n) is 2.11. The number of nitrogens with two attached hydrogens (primary N) is 2. The van der Waals surface area contributed by atoms with E-state index in [0.29, 0.717) is 12.4 Å². The van der Waals surface area contributed by atoms with Crippen LogP contribution in [0, 0.1) is 6.92 Å². The Morgan fingerprint density at radius 1 is 1.17 bits per heavy atom. The molecule has 0 spiro atoms. The molecule has 2 rings (SSSR count). The number of nitrogens with zero attached hydrogens (tertiary/aromatic N) is 2. The number of ether oxygens (including phenoxy) is 2. The van der Waals surface area contributed by atoms with Crippen molar-refractivity contribution in [2.75, 3.05) is 13.7 Å². The number of rotatable bonds is 7. The van der Waals surface area contributed by atoms with Crippen LogP contribution in [0.5, 0.6) is 17.2 Å². The van der Waals surface area contributed by atoms with Crippen molar-refractivity contribution in [1.82, 2.24) is 0 Å². The molecule has 158 valence electrons. The molecule has 0 saturated heterocycles. The number of aryl methyl sites for hydroxylation is 1. The monoisotopic (exact) mass is 442 g/mol. The van der Waals surface area contributed by atoms with Gasteiger partial charge in [0.1, 0.15) is 22.1 Å². The van der Waals surface area contributed by atoms with E-state index in [1.807, 2.05) is 13.8 Å². The Kier molecular flexibility index (Phi) is 9.23. The number of guanidine groups is 1. The summed E-state index contributed by atoms with van der Waals surface area (Å²) in [6, 6.07) is 9.22. The van der Waals surface area contributed by atoms with E-state index in [0.717, 1.165) is 5.56 Å². The van der Waals surface area contributed by atoms with Gasteiger partial charge >= 0.3 is 10.1 Å². The van der Waals surface area contributed by atoms with E-state index in [-0.39, 0.29) is 27.4 Å². The highest BCUT2D eigenvalue weighted by Gasteiger charge is 2.23. The van der Waals surface area contributed by atoms with Crippen molar-refractivity contribution in [2.24, 2.45) is 21.7 Å². The van der Waals surface area contributed by atoms with Crippen molar-refractivity contribution in [1.29, 1.82) is 0 Å². The topological polar surface area (TPSA) is 139 Å². The molecular formula is C18H23ClN4O5S. The summed E-state index contributed by atoms with van der Waals surface area (Å²) in [6.07, 6.45) is 0. The minimum atomic E-state index is -4.09. The van der Waals surface area contributed by atoms with Crippen molar-refractivity contribution >= 4 is 34.4 Å². The number of methoxy groups -OCH3 is 1. The first kappa shape index (κ1) is 24.1. The molecule has 2 aromatic rings. The maximum Gasteiger partial charge on any atom is 0.342 e. The van der Waals surface area contributed by atoms with Crippen LogP contribution in [-0.4, -0.2) is 34.8 Å². The Hall–Kier alpha value is -2.98. The quantitative estimate of drug-likeness (QED) is 0.291. The van der Waals surface area contributed by atoms with Gasteiger partial charge in [-0.05, 0) is 49.7 Å². The Morgan fingerprint density at radius 3 is 2.34 bits per heavy atom. The largest absolute Gasteiger partial charge is 0.495 e. The molecule has 0 fully saturated rings. The Labute approximate surface area is 175 Å². The van der Waals surface area contributed by atoms with E-state index >= 15 is 0 Å². The number of hydrogen-bond donors (Lipinski definition) is 2. The predicted molar refractivity (Wildman–Crippen MR) is 114 cm³/mol. The molecule has 0 aliphatic carbocycles. The van der Waals surface area contributed by atoms with Crippen molar-refractivity contribution in [2.45, 2.75) is 18.7 Å². The van der Waals surface area contributed by atoms with Crippen molar-refractivity contribution in [3.05, 3.63) is 47.0 Å². The highest BCUT2D eigenvalue weighted by atomic mass is 35.5. The maximum atomic E-state index is 12.5. The molecule has 0 aliphatic heterocycles. The third-order valence-corrected chi connectivity index (χ3v) is 4.63. The second-order valence-electron chi connectivity index (χ2n) is 5.41. The molecule has 0 saturated carbocycles. The standard InChI is InChI=1S/C16H17ClO5S.C2H6N4/c1-4-21-13-7-11(2)8-14(10-13)22-23(18,19)16-9-12(17)5-6-15(16)20-3;1-5-6-2(3)4/h5-10H,4H2,1-3H3;1H2,(H4,3,4,6). The normalized spacial score (nSPS) is 10.2. The lowest BCUT2D eigenvalue weighted by Crippen LogP contribution is -2.21. The second-order valence-corrected chi connectivity index (χ2v) is 7.36. The number of halogens is 1. The van der Waals surface area contributed by atoms with Crippen LogP contribution in [0.3, 0.4) is 0 Å². The summed E-state index contributed by atoms with van der Waals surface area (Å²) in [5.41, 5.74) is 10.4. The van der Waals surface area contributed by atoms with Crippen LogP contribution in [0.25, 0.3) is 0 Å². The van der Waals surface area contributed by atoms with Gasteiger partial charge < -0.3 is 25.1 Å². The lowest BCUT2D eigenvalue weighted by Gasteiger charge is -2.12. The molecule has 0 amide bonds. The second kappa shape index (κ2) is 11.1. The van der Waals surface area contributed by atoms with Gasteiger partial charge in [-0.15, -0.1) is 5.10 Å². The summed E-state index contributed by atoms with van der Waals surface area (Å²) in [4.78, 5) is -0.132. The third-order valence-electron chi connectivity index (χ3n) is 3.12. The van der Waals surface area contributed by atoms with Crippen LogP contribution in [0.4, 0.5) is 0 Å². The van der Waals surface area contributed by atoms with Crippen molar-refractivity contribution < 1.29 is 22.1 Å². The molecule has 4 N–H and O–H groups in total. The van der Waals surface area contributed by atoms with Crippen molar-refractivity contribution in [3.63, 3.8) is 0 Å². The first-order chi connectivity index (χ1) is 13.6. The Bertz CT molecular complexity index is 976. The smallest absolute Gasteiger partial charge is 0.342 e. The van der Waals surface area contributed by atoms with Gasteiger partial charge in [0.25, 0.3) is 0 Å². The average molecular weight is 443 g/mol. The lowest BCUT2D eigenvalue weighted by atomic mass is 10.2. The first-order valence-corrected chi connectivity index (χ1v) is 9.98. The SMILES string of the molecule is C=NN=C(N)N.CCOc1cc(C)cc(OS(=O)(=O)c2cc(Cl)ccc2OC)c1. The van der Waals surface area contributed by atoms with E-state index < -0.39 is 10.1 Å². The van der Waals surface area contributed by atoms with Gasteiger partial charge in [-0.3, -0.25) is 0 Å². The number of benzene rings is 2. The molecule has 0 aromatic heterocycles. The van der Waals surface area contributed by atoms with Crippen molar-refractivity contribution in [3.8, 4) is 17.2 Å². The van der Waals surface area contributed by atoms with Crippen LogP contribution >= 0.6 is 11.6 Å². The van der Waals surface area contributed by atoms with Gasteiger partial charge in [0.2, 0.25) is 5.96 Å². The fraction of sp³-hybridized carbons (Fsp3) is 0.222. The summed E-state index contributed by atoms with van der Waals surface area (Å²) in [7, 11) is -2.71. The third kappa shape index (κ3) is 7.88. The Balaban J connectivity index is 0.000000612. The minimum absolute atomic E-state index is 0.0648. The lowest BCUT2D eigenvalue weighted by molar-refractivity contribution is 0.338. The van der Waals surface area contributed by atoms with Gasteiger partial charge in [0, 0.05) is 17.8 Å². The zero-order chi connectivity index (χ0) is 22.0. The molecule has 9 nitrogen and oxygen atoms in total. The number of hydrogen-bond acceptors (Lipinski definition) is 7. The molecule has 0 unspecified atom stereocenters. The molecule has 0 radical (unpaired) electrons. The summed E-state index contributed by atoms with van der Waals surface area (Å²) in [6.45, 7) is 7.14. The average Bonchev–Trinajstić information content (AvgIpc) is 2.61.